The zero-order valence-corrected chi connectivity index (χ0v) is 11.4. The van der Waals surface area contributed by atoms with E-state index in [-0.39, 0.29) is 0 Å². The van der Waals surface area contributed by atoms with E-state index >= 15 is 0 Å². The lowest BCUT2D eigenvalue weighted by Gasteiger charge is -2.04. The second-order valence-electron chi connectivity index (χ2n) is 4.41. The third-order valence-electron chi connectivity index (χ3n) is 3.12. The zero-order chi connectivity index (χ0) is 13.9. The Bertz CT molecular complexity index is 716. The highest BCUT2D eigenvalue weighted by Gasteiger charge is 2.06. The SMILES string of the molecule is CCNc1ncc(-c2ccc3[nH]nc(NC)c3c2)cn1. The molecular weight excluding hydrogens is 252 g/mol. The fourth-order valence-corrected chi connectivity index (χ4v) is 2.11. The van der Waals surface area contributed by atoms with E-state index in [2.05, 4.69) is 36.9 Å². The van der Waals surface area contributed by atoms with Crippen LogP contribution in [0.25, 0.3) is 22.0 Å². The van der Waals surface area contributed by atoms with E-state index in [1.54, 1.807) is 0 Å². The molecule has 2 heterocycles. The first-order chi connectivity index (χ1) is 9.81. The van der Waals surface area contributed by atoms with Crippen LogP contribution in [0.5, 0.6) is 0 Å². The van der Waals surface area contributed by atoms with Gasteiger partial charge in [-0.3, -0.25) is 5.10 Å². The molecule has 0 spiro atoms. The molecule has 0 bridgehead atoms. The van der Waals surface area contributed by atoms with Crippen molar-refractivity contribution >= 4 is 22.7 Å². The first-order valence-electron chi connectivity index (χ1n) is 6.54. The van der Waals surface area contributed by atoms with Crippen molar-refractivity contribution in [3.05, 3.63) is 30.6 Å². The first kappa shape index (κ1) is 12.4. The lowest BCUT2D eigenvalue weighted by atomic mass is 10.1. The number of rotatable bonds is 4. The van der Waals surface area contributed by atoms with E-state index in [0.29, 0.717) is 5.95 Å². The Labute approximate surface area is 116 Å². The number of nitrogens with one attached hydrogen (secondary N) is 3. The highest BCUT2D eigenvalue weighted by Crippen LogP contribution is 2.26. The molecule has 0 aliphatic carbocycles. The third-order valence-corrected chi connectivity index (χ3v) is 3.12. The van der Waals surface area contributed by atoms with Crippen molar-refractivity contribution in [2.24, 2.45) is 0 Å². The molecule has 0 aliphatic heterocycles. The van der Waals surface area contributed by atoms with E-state index in [1.807, 2.05) is 38.5 Å². The summed E-state index contributed by atoms with van der Waals surface area (Å²) in [6.07, 6.45) is 3.65. The van der Waals surface area contributed by atoms with Gasteiger partial charge in [0.15, 0.2) is 5.82 Å². The van der Waals surface area contributed by atoms with Crippen molar-refractivity contribution in [3.63, 3.8) is 0 Å². The molecule has 1 aromatic carbocycles. The Kier molecular flexibility index (Phi) is 3.20. The molecule has 0 amide bonds. The smallest absolute Gasteiger partial charge is 0.222 e. The van der Waals surface area contributed by atoms with Gasteiger partial charge in [-0.05, 0) is 24.6 Å². The number of H-pyrrole nitrogens is 1. The monoisotopic (exact) mass is 268 g/mol. The third kappa shape index (κ3) is 2.16. The second kappa shape index (κ2) is 5.16. The molecule has 102 valence electrons. The Balaban J connectivity index is 2.00. The molecule has 0 unspecified atom stereocenters. The van der Waals surface area contributed by atoms with Gasteiger partial charge in [0.25, 0.3) is 0 Å². The molecule has 6 nitrogen and oxygen atoms in total. The van der Waals surface area contributed by atoms with Gasteiger partial charge in [0, 0.05) is 36.9 Å². The van der Waals surface area contributed by atoms with Crippen molar-refractivity contribution in [2.75, 3.05) is 24.2 Å². The van der Waals surface area contributed by atoms with E-state index in [0.717, 1.165) is 34.4 Å². The summed E-state index contributed by atoms with van der Waals surface area (Å²) in [5, 5.41) is 14.4. The number of aromatic nitrogens is 4. The van der Waals surface area contributed by atoms with Crippen LogP contribution in [-0.2, 0) is 0 Å². The van der Waals surface area contributed by atoms with Crippen LogP contribution in [-0.4, -0.2) is 33.8 Å². The number of nitrogens with zero attached hydrogens (tertiary/aromatic N) is 3. The van der Waals surface area contributed by atoms with Gasteiger partial charge in [0.05, 0.1) is 5.52 Å². The number of fused-ring (bicyclic) bond motifs is 1. The van der Waals surface area contributed by atoms with Crippen LogP contribution in [0.3, 0.4) is 0 Å². The summed E-state index contributed by atoms with van der Waals surface area (Å²) < 4.78 is 0. The Morgan fingerprint density at radius 2 is 1.95 bits per heavy atom. The van der Waals surface area contributed by atoms with Crippen molar-refractivity contribution in [1.29, 1.82) is 0 Å². The molecule has 0 aliphatic rings. The second-order valence-corrected chi connectivity index (χ2v) is 4.41. The minimum Gasteiger partial charge on any atom is -0.371 e. The summed E-state index contributed by atoms with van der Waals surface area (Å²) in [6.45, 7) is 2.83. The number of benzene rings is 1. The minimum atomic E-state index is 0.650. The van der Waals surface area contributed by atoms with Crippen molar-refractivity contribution in [2.45, 2.75) is 6.92 Å². The molecule has 0 saturated carbocycles. The Morgan fingerprint density at radius 1 is 1.15 bits per heavy atom. The summed E-state index contributed by atoms with van der Waals surface area (Å²) in [5.41, 5.74) is 3.05. The molecule has 3 rings (SSSR count). The van der Waals surface area contributed by atoms with E-state index in [4.69, 9.17) is 0 Å². The highest BCUT2D eigenvalue weighted by molar-refractivity contribution is 5.93. The lowest BCUT2D eigenvalue weighted by molar-refractivity contribution is 1.09. The van der Waals surface area contributed by atoms with Gasteiger partial charge < -0.3 is 10.6 Å². The molecule has 0 atom stereocenters. The Hall–Kier alpha value is -2.63. The maximum Gasteiger partial charge on any atom is 0.222 e. The van der Waals surface area contributed by atoms with Crippen molar-refractivity contribution in [3.8, 4) is 11.1 Å². The van der Waals surface area contributed by atoms with Crippen LogP contribution in [0, 0.1) is 0 Å². The molecular formula is C14H16N6. The van der Waals surface area contributed by atoms with E-state index in [9.17, 15) is 0 Å². The maximum atomic E-state index is 4.29. The summed E-state index contributed by atoms with van der Waals surface area (Å²) in [4.78, 5) is 8.59. The normalized spacial score (nSPS) is 10.7. The number of hydrogen-bond donors (Lipinski definition) is 3. The number of hydrogen-bond acceptors (Lipinski definition) is 5. The van der Waals surface area contributed by atoms with Gasteiger partial charge in [-0.25, -0.2) is 9.97 Å². The van der Waals surface area contributed by atoms with Gasteiger partial charge in [0.1, 0.15) is 0 Å². The van der Waals surface area contributed by atoms with Crippen LogP contribution in [0.1, 0.15) is 6.92 Å². The van der Waals surface area contributed by atoms with Crippen LogP contribution in [0.4, 0.5) is 11.8 Å². The largest absolute Gasteiger partial charge is 0.371 e. The highest BCUT2D eigenvalue weighted by atomic mass is 15.2. The Morgan fingerprint density at radius 3 is 2.65 bits per heavy atom. The number of anilines is 2. The quantitative estimate of drug-likeness (QED) is 0.677. The summed E-state index contributed by atoms with van der Waals surface area (Å²) in [7, 11) is 1.86. The minimum absolute atomic E-state index is 0.650. The van der Waals surface area contributed by atoms with Gasteiger partial charge in [-0.2, -0.15) is 5.10 Å². The average Bonchev–Trinajstić information content (AvgIpc) is 2.90. The summed E-state index contributed by atoms with van der Waals surface area (Å²) in [5.74, 6) is 1.49. The lowest BCUT2D eigenvalue weighted by Crippen LogP contribution is -2.01. The van der Waals surface area contributed by atoms with Crippen molar-refractivity contribution in [1.82, 2.24) is 20.2 Å². The standard InChI is InChI=1S/C14H16N6/c1-3-16-14-17-7-10(8-18-14)9-4-5-12-11(6-9)13(15-2)20-19-12/h4-8H,3H2,1-2H3,(H2,15,19,20)(H,16,17,18). The topological polar surface area (TPSA) is 78.5 Å². The molecule has 2 aromatic heterocycles. The van der Waals surface area contributed by atoms with Crippen LogP contribution in [0.2, 0.25) is 0 Å². The van der Waals surface area contributed by atoms with Crippen LogP contribution in [0.15, 0.2) is 30.6 Å². The number of aromatic amines is 1. The molecule has 20 heavy (non-hydrogen) atoms. The fourth-order valence-electron chi connectivity index (χ4n) is 2.11. The zero-order valence-electron chi connectivity index (χ0n) is 11.4. The molecule has 3 aromatic rings. The fraction of sp³-hybridized carbons (Fsp3) is 0.214. The summed E-state index contributed by atoms with van der Waals surface area (Å²) >= 11 is 0. The maximum absolute atomic E-state index is 4.29. The summed E-state index contributed by atoms with van der Waals surface area (Å²) in [6, 6.07) is 6.12. The van der Waals surface area contributed by atoms with Crippen molar-refractivity contribution < 1.29 is 0 Å². The van der Waals surface area contributed by atoms with Gasteiger partial charge in [-0.15, -0.1) is 0 Å². The molecule has 0 saturated heterocycles. The van der Waals surface area contributed by atoms with Gasteiger partial charge >= 0.3 is 0 Å². The predicted molar refractivity (Wildman–Crippen MR) is 80.8 cm³/mol. The molecule has 6 heteroatoms. The average molecular weight is 268 g/mol. The molecule has 0 fully saturated rings. The first-order valence-corrected chi connectivity index (χ1v) is 6.54. The molecule has 0 radical (unpaired) electrons. The van der Waals surface area contributed by atoms with Crippen LogP contribution < -0.4 is 10.6 Å². The van der Waals surface area contributed by atoms with Crippen LogP contribution >= 0.6 is 0 Å². The predicted octanol–water partition coefficient (Wildman–Crippen LogP) is 2.49. The molecule has 3 N–H and O–H groups in total. The van der Waals surface area contributed by atoms with E-state index in [1.165, 1.54) is 0 Å². The van der Waals surface area contributed by atoms with Gasteiger partial charge in [-0.1, -0.05) is 6.07 Å². The van der Waals surface area contributed by atoms with Gasteiger partial charge in [0.2, 0.25) is 5.95 Å². The van der Waals surface area contributed by atoms with E-state index < -0.39 is 0 Å².